The van der Waals surface area contributed by atoms with Gasteiger partial charge < -0.3 is 15.7 Å². The summed E-state index contributed by atoms with van der Waals surface area (Å²) in [7, 11) is 1.93. The predicted octanol–water partition coefficient (Wildman–Crippen LogP) is 3.41. The molecule has 1 fully saturated rings. The second-order valence-electron chi connectivity index (χ2n) is 5.48. The number of anilines is 1. The molecule has 20 heavy (non-hydrogen) atoms. The molecule has 1 amide bonds. The lowest BCUT2D eigenvalue weighted by Crippen LogP contribution is -2.47. The molecule has 5 heteroatoms. The van der Waals surface area contributed by atoms with Crippen LogP contribution in [-0.2, 0) is 4.79 Å². The Balaban J connectivity index is 2.02. The molecule has 4 nitrogen and oxygen atoms in total. The standard InChI is InChI=1S/C15H21BrN2O2/c1-17-15(7-3-2-4-8-15)10-14(20)18-12-9-11(16)5-6-13(12)19/h5-6,9,17,19H,2-4,7-8,10H2,1H3,(H,18,20). The number of hydrogen-bond donors (Lipinski definition) is 3. The van der Waals surface area contributed by atoms with Crippen LogP contribution in [0.5, 0.6) is 5.75 Å². The van der Waals surface area contributed by atoms with E-state index in [0.717, 1.165) is 30.2 Å². The molecular formula is C15H21BrN2O2. The van der Waals surface area contributed by atoms with Gasteiger partial charge in [-0.15, -0.1) is 0 Å². The summed E-state index contributed by atoms with van der Waals surface area (Å²) < 4.78 is 0.826. The van der Waals surface area contributed by atoms with Gasteiger partial charge in [0.2, 0.25) is 5.91 Å². The highest BCUT2D eigenvalue weighted by atomic mass is 79.9. The number of halogens is 1. The summed E-state index contributed by atoms with van der Waals surface area (Å²) in [6, 6.07) is 5.01. The maximum absolute atomic E-state index is 12.2. The zero-order valence-corrected chi connectivity index (χ0v) is 13.3. The van der Waals surface area contributed by atoms with E-state index in [0.29, 0.717) is 12.1 Å². The zero-order chi connectivity index (χ0) is 14.6. The molecular weight excluding hydrogens is 320 g/mol. The highest BCUT2D eigenvalue weighted by molar-refractivity contribution is 9.10. The van der Waals surface area contributed by atoms with Crippen molar-refractivity contribution in [3.8, 4) is 5.75 Å². The number of nitrogens with one attached hydrogen (secondary N) is 2. The molecule has 3 N–H and O–H groups in total. The van der Waals surface area contributed by atoms with Gasteiger partial charge in [0.1, 0.15) is 5.75 Å². The number of phenols is 1. The van der Waals surface area contributed by atoms with Crippen molar-refractivity contribution in [2.24, 2.45) is 0 Å². The van der Waals surface area contributed by atoms with Crippen LogP contribution < -0.4 is 10.6 Å². The van der Waals surface area contributed by atoms with Crippen LogP contribution in [0.4, 0.5) is 5.69 Å². The van der Waals surface area contributed by atoms with Crippen LogP contribution in [0, 0.1) is 0 Å². The van der Waals surface area contributed by atoms with Crippen molar-refractivity contribution in [1.29, 1.82) is 0 Å². The first-order valence-corrected chi connectivity index (χ1v) is 7.81. The molecule has 0 spiro atoms. The monoisotopic (exact) mass is 340 g/mol. The average Bonchev–Trinajstić information content (AvgIpc) is 2.44. The largest absolute Gasteiger partial charge is 0.506 e. The van der Waals surface area contributed by atoms with Crippen molar-refractivity contribution in [2.45, 2.75) is 44.1 Å². The molecule has 1 aliphatic rings. The fourth-order valence-corrected chi connectivity index (χ4v) is 3.21. The summed E-state index contributed by atoms with van der Waals surface area (Å²) >= 11 is 3.33. The third-order valence-corrected chi connectivity index (χ3v) is 4.57. The van der Waals surface area contributed by atoms with Crippen molar-refractivity contribution < 1.29 is 9.90 Å². The lowest BCUT2D eigenvalue weighted by molar-refractivity contribution is -0.117. The van der Waals surface area contributed by atoms with Crippen molar-refractivity contribution in [3.63, 3.8) is 0 Å². The van der Waals surface area contributed by atoms with E-state index in [9.17, 15) is 9.90 Å². The normalized spacial score (nSPS) is 17.7. The van der Waals surface area contributed by atoms with Gasteiger partial charge in [0.15, 0.2) is 0 Å². The van der Waals surface area contributed by atoms with Crippen molar-refractivity contribution in [3.05, 3.63) is 22.7 Å². The Bertz CT molecular complexity index is 485. The molecule has 0 bridgehead atoms. The number of rotatable bonds is 4. The fraction of sp³-hybridized carbons (Fsp3) is 0.533. The van der Waals surface area contributed by atoms with E-state index in [1.165, 1.54) is 6.42 Å². The van der Waals surface area contributed by atoms with Gasteiger partial charge in [-0.3, -0.25) is 4.79 Å². The second kappa shape index (κ2) is 6.59. The Kier molecular flexibility index (Phi) is 5.05. The molecule has 1 aromatic rings. The lowest BCUT2D eigenvalue weighted by atomic mass is 9.79. The number of carbonyl (C=O) groups excluding carboxylic acids is 1. The van der Waals surface area contributed by atoms with Gasteiger partial charge in [-0.2, -0.15) is 0 Å². The first-order valence-electron chi connectivity index (χ1n) is 7.02. The summed E-state index contributed by atoms with van der Waals surface area (Å²) in [4.78, 5) is 12.2. The Morgan fingerprint density at radius 2 is 2.05 bits per heavy atom. The molecule has 0 heterocycles. The quantitative estimate of drug-likeness (QED) is 0.736. The molecule has 2 rings (SSSR count). The van der Waals surface area contributed by atoms with Gasteiger partial charge in [-0.25, -0.2) is 0 Å². The van der Waals surface area contributed by atoms with Crippen molar-refractivity contribution in [2.75, 3.05) is 12.4 Å². The Labute approximate surface area is 128 Å². The van der Waals surface area contributed by atoms with E-state index in [-0.39, 0.29) is 17.2 Å². The Morgan fingerprint density at radius 1 is 1.35 bits per heavy atom. The predicted molar refractivity (Wildman–Crippen MR) is 83.9 cm³/mol. The summed E-state index contributed by atoms with van der Waals surface area (Å²) in [5.74, 6) is 0.0263. The van der Waals surface area contributed by atoms with E-state index in [1.54, 1.807) is 18.2 Å². The van der Waals surface area contributed by atoms with E-state index in [2.05, 4.69) is 26.6 Å². The SMILES string of the molecule is CNC1(CC(=O)Nc2cc(Br)ccc2O)CCCCC1. The Hall–Kier alpha value is -1.07. The highest BCUT2D eigenvalue weighted by Gasteiger charge is 2.32. The molecule has 1 aliphatic carbocycles. The maximum atomic E-state index is 12.2. The number of amides is 1. The molecule has 0 aromatic heterocycles. The van der Waals surface area contributed by atoms with Crippen molar-refractivity contribution >= 4 is 27.5 Å². The summed E-state index contributed by atoms with van der Waals surface area (Å²) in [6.07, 6.45) is 6.07. The molecule has 1 aromatic carbocycles. The smallest absolute Gasteiger partial charge is 0.226 e. The zero-order valence-electron chi connectivity index (χ0n) is 11.7. The number of aromatic hydroxyl groups is 1. The maximum Gasteiger partial charge on any atom is 0.226 e. The molecule has 0 aliphatic heterocycles. The van der Waals surface area contributed by atoms with E-state index >= 15 is 0 Å². The minimum atomic E-state index is -0.0933. The third-order valence-electron chi connectivity index (χ3n) is 4.07. The molecule has 0 unspecified atom stereocenters. The number of benzene rings is 1. The van der Waals surface area contributed by atoms with Crippen molar-refractivity contribution in [1.82, 2.24) is 5.32 Å². The van der Waals surface area contributed by atoms with Gasteiger partial charge >= 0.3 is 0 Å². The average molecular weight is 341 g/mol. The lowest BCUT2D eigenvalue weighted by Gasteiger charge is -2.36. The summed E-state index contributed by atoms with van der Waals surface area (Å²) in [6.45, 7) is 0. The highest BCUT2D eigenvalue weighted by Crippen LogP contribution is 2.32. The molecule has 0 saturated heterocycles. The van der Waals surface area contributed by atoms with Gasteiger partial charge in [-0.05, 0) is 38.1 Å². The van der Waals surface area contributed by atoms with Gasteiger partial charge in [0.25, 0.3) is 0 Å². The van der Waals surface area contributed by atoms with Crippen LogP contribution >= 0.6 is 15.9 Å². The Morgan fingerprint density at radius 3 is 2.70 bits per heavy atom. The van der Waals surface area contributed by atoms with Gasteiger partial charge in [0.05, 0.1) is 5.69 Å². The number of carbonyl (C=O) groups is 1. The van der Waals surface area contributed by atoms with E-state index in [4.69, 9.17) is 0 Å². The molecule has 110 valence electrons. The van der Waals surface area contributed by atoms with Crippen LogP contribution in [0.25, 0.3) is 0 Å². The first-order chi connectivity index (χ1) is 9.54. The van der Waals surface area contributed by atoms with Crippen LogP contribution in [0.2, 0.25) is 0 Å². The molecule has 1 saturated carbocycles. The topological polar surface area (TPSA) is 61.4 Å². The van der Waals surface area contributed by atoms with Crippen LogP contribution in [0.15, 0.2) is 22.7 Å². The minimum absolute atomic E-state index is 0.0605. The molecule has 0 atom stereocenters. The van der Waals surface area contributed by atoms with Crippen LogP contribution in [0.3, 0.4) is 0 Å². The number of hydrogen-bond acceptors (Lipinski definition) is 3. The summed E-state index contributed by atoms with van der Waals surface area (Å²) in [5, 5.41) is 15.9. The fourth-order valence-electron chi connectivity index (χ4n) is 2.85. The van der Waals surface area contributed by atoms with E-state index < -0.39 is 0 Å². The second-order valence-corrected chi connectivity index (χ2v) is 6.39. The van der Waals surface area contributed by atoms with Gasteiger partial charge in [0, 0.05) is 16.4 Å². The summed E-state index contributed by atoms with van der Waals surface area (Å²) in [5.41, 5.74) is 0.357. The molecule has 0 radical (unpaired) electrons. The van der Waals surface area contributed by atoms with Gasteiger partial charge in [-0.1, -0.05) is 35.2 Å². The minimum Gasteiger partial charge on any atom is -0.506 e. The van der Waals surface area contributed by atoms with E-state index in [1.807, 2.05) is 7.05 Å². The first kappa shape index (κ1) is 15.3. The van der Waals surface area contributed by atoms with Crippen LogP contribution in [0.1, 0.15) is 38.5 Å². The van der Waals surface area contributed by atoms with Crippen LogP contribution in [-0.4, -0.2) is 23.6 Å². The number of phenolic OH excluding ortho intramolecular Hbond substituents is 1. The third kappa shape index (κ3) is 3.73.